The van der Waals surface area contributed by atoms with Crippen molar-refractivity contribution in [2.75, 3.05) is 19.0 Å². The van der Waals surface area contributed by atoms with Crippen molar-refractivity contribution >= 4 is 9.84 Å². The molecular formula is C12H23NO4S. The summed E-state index contributed by atoms with van der Waals surface area (Å²) in [4.78, 5) is 0. The third-order valence-corrected chi connectivity index (χ3v) is 6.26. The van der Waals surface area contributed by atoms with Gasteiger partial charge in [-0.05, 0) is 12.3 Å². The Labute approximate surface area is 109 Å². The fourth-order valence-electron chi connectivity index (χ4n) is 2.87. The Morgan fingerprint density at radius 2 is 1.94 bits per heavy atom. The summed E-state index contributed by atoms with van der Waals surface area (Å²) >= 11 is 0. The van der Waals surface area contributed by atoms with Gasteiger partial charge in [-0.25, -0.2) is 8.42 Å². The lowest BCUT2D eigenvalue weighted by molar-refractivity contribution is -0.177. The van der Waals surface area contributed by atoms with Crippen molar-refractivity contribution in [2.24, 2.45) is 11.7 Å². The average Bonchev–Trinajstić information content (AvgIpc) is 2.69. The molecule has 2 N–H and O–H groups in total. The highest BCUT2D eigenvalue weighted by molar-refractivity contribution is 7.92. The van der Waals surface area contributed by atoms with Crippen LogP contribution in [0.4, 0.5) is 0 Å². The molecule has 1 saturated heterocycles. The molecule has 2 aliphatic rings. The Balaban J connectivity index is 2.15. The molecule has 0 aromatic rings. The number of hydrogen-bond acceptors (Lipinski definition) is 5. The molecule has 6 heteroatoms. The third-order valence-electron chi connectivity index (χ3n) is 3.69. The molecule has 1 saturated carbocycles. The van der Waals surface area contributed by atoms with E-state index < -0.39 is 20.9 Å². The Morgan fingerprint density at radius 3 is 2.50 bits per heavy atom. The fourth-order valence-corrected chi connectivity index (χ4v) is 5.23. The highest BCUT2D eigenvalue weighted by Crippen LogP contribution is 2.38. The topological polar surface area (TPSA) is 78.6 Å². The zero-order valence-corrected chi connectivity index (χ0v) is 11.9. The molecular weight excluding hydrogens is 254 g/mol. The van der Waals surface area contributed by atoms with E-state index in [1.165, 1.54) is 0 Å². The van der Waals surface area contributed by atoms with Crippen molar-refractivity contribution in [3.05, 3.63) is 0 Å². The van der Waals surface area contributed by atoms with Gasteiger partial charge in [-0.2, -0.15) is 0 Å². The maximum Gasteiger partial charge on any atom is 0.169 e. The lowest BCUT2D eigenvalue weighted by Gasteiger charge is -2.39. The lowest BCUT2D eigenvalue weighted by atomic mass is 9.90. The molecule has 2 atom stereocenters. The van der Waals surface area contributed by atoms with Crippen LogP contribution in [0.3, 0.4) is 0 Å². The van der Waals surface area contributed by atoms with Gasteiger partial charge in [-0.15, -0.1) is 0 Å². The van der Waals surface area contributed by atoms with Crippen LogP contribution in [0.15, 0.2) is 0 Å². The molecule has 1 spiro atoms. The molecule has 106 valence electrons. The summed E-state index contributed by atoms with van der Waals surface area (Å²) in [7, 11) is -3.18. The van der Waals surface area contributed by atoms with Crippen LogP contribution in [0.1, 0.15) is 33.1 Å². The summed E-state index contributed by atoms with van der Waals surface area (Å²) in [5.74, 6) is -0.392. The highest BCUT2D eigenvalue weighted by Gasteiger charge is 2.48. The van der Waals surface area contributed by atoms with Crippen molar-refractivity contribution in [3.63, 3.8) is 0 Å². The first-order valence-electron chi connectivity index (χ1n) is 6.60. The van der Waals surface area contributed by atoms with Crippen molar-refractivity contribution in [2.45, 2.75) is 50.2 Å². The lowest BCUT2D eigenvalue weighted by Crippen LogP contribution is -2.52. The van der Waals surface area contributed by atoms with Gasteiger partial charge in [0.1, 0.15) is 0 Å². The summed E-state index contributed by atoms with van der Waals surface area (Å²) in [6, 6.07) is -0.299. The van der Waals surface area contributed by atoms with Crippen LogP contribution in [-0.4, -0.2) is 44.5 Å². The largest absolute Gasteiger partial charge is 0.347 e. The molecule has 0 bridgehead atoms. The van der Waals surface area contributed by atoms with Crippen LogP contribution in [0, 0.1) is 5.92 Å². The second-order valence-electron chi connectivity index (χ2n) is 5.78. The summed E-state index contributed by atoms with van der Waals surface area (Å²) in [5, 5.41) is -0.535. The molecule has 2 fully saturated rings. The zero-order chi connectivity index (χ0) is 13.4. The van der Waals surface area contributed by atoms with Crippen LogP contribution in [-0.2, 0) is 19.3 Å². The maximum atomic E-state index is 12.4. The monoisotopic (exact) mass is 277 g/mol. The predicted octanol–water partition coefficient (Wildman–Crippen LogP) is 0.680. The summed E-state index contributed by atoms with van der Waals surface area (Å²) in [5.41, 5.74) is 6.00. The first-order chi connectivity index (χ1) is 8.35. The Kier molecular flexibility index (Phi) is 4.02. The molecule has 1 aliphatic carbocycles. The molecule has 18 heavy (non-hydrogen) atoms. The SMILES string of the molecule is CC(C)CS(=O)(=O)C1CC2(CCC1N)OCCO2. The summed E-state index contributed by atoms with van der Waals surface area (Å²) in [6.07, 6.45) is 1.72. The number of rotatable bonds is 3. The summed E-state index contributed by atoms with van der Waals surface area (Å²) in [6.45, 7) is 4.91. The Morgan fingerprint density at radius 1 is 1.33 bits per heavy atom. The molecule has 5 nitrogen and oxygen atoms in total. The van der Waals surface area contributed by atoms with E-state index in [0.29, 0.717) is 32.5 Å². The van der Waals surface area contributed by atoms with Crippen LogP contribution < -0.4 is 5.73 Å². The van der Waals surface area contributed by atoms with E-state index in [4.69, 9.17) is 15.2 Å². The molecule has 0 aromatic carbocycles. The average molecular weight is 277 g/mol. The second-order valence-corrected chi connectivity index (χ2v) is 8.04. The fraction of sp³-hybridized carbons (Fsp3) is 1.00. The minimum atomic E-state index is -3.18. The van der Waals surface area contributed by atoms with Gasteiger partial charge in [0.15, 0.2) is 15.6 Å². The van der Waals surface area contributed by atoms with Gasteiger partial charge in [0, 0.05) is 18.9 Å². The number of nitrogens with two attached hydrogens (primary N) is 1. The molecule has 0 aromatic heterocycles. The van der Waals surface area contributed by atoms with Crippen molar-refractivity contribution in [1.82, 2.24) is 0 Å². The predicted molar refractivity (Wildman–Crippen MR) is 68.9 cm³/mol. The van der Waals surface area contributed by atoms with Crippen molar-refractivity contribution < 1.29 is 17.9 Å². The third kappa shape index (κ3) is 2.87. The van der Waals surface area contributed by atoms with Crippen molar-refractivity contribution in [1.29, 1.82) is 0 Å². The van der Waals surface area contributed by atoms with Gasteiger partial charge in [0.05, 0.1) is 24.2 Å². The van der Waals surface area contributed by atoms with Gasteiger partial charge >= 0.3 is 0 Å². The molecule has 1 heterocycles. The van der Waals surface area contributed by atoms with Crippen molar-refractivity contribution in [3.8, 4) is 0 Å². The Bertz CT molecular complexity index is 387. The number of ether oxygens (including phenoxy) is 2. The Hall–Kier alpha value is -0.170. The van der Waals surface area contributed by atoms with E-state index in [-0.39, 0.29) is 17.7 Å². The van der Waals surface area contributed by atoms with Gasteiger partial charge in [-0.3, -0.25) is 0 Å². The quantitative estimate of drug-likeness (QED) is 0.820. The standard InChI is InChI=1S/C12H23NO4S/c1-9(2)8-18(14,15)11-7-12(4-3-10(11)13)16-5-6-17-12/h9-11H,3-8,13H2,1-2H3. The minimum Gasteiger partial charge on any atom is -0.347 e. The van der Waals surface area contributed by atoms with Gasteiger partial charge in [0.25, 0.3) is 0 Å². The molecule has 2 unspecified atom stereocenters. The van der Waals surface area contributed by atoms with Gasteiger partial charge in [-0.1, -0.05) is 13.8 Å². The molecule has 0 radical (unpaired) electrons. The van der Waals surface area contributed by atoms with E-state index in [1.807, 2.05) is 13.8 Å². The van der Waals surface area contributed by atoms with Gasteiger partial charge < -0.3 is 15.2 Å². The van der Waals surface area contributed by atoms with E-state index >= 15 is 0 Å². The molecule has 2 rings (SSSR count). The zero-order valence-electron chi connectivity index (χ0n) is 11.1. The van der Waals surface area contributed by atoms with E-state index in [0.717, 1.165) is 0 Å². The van der Waals surface area contributed by atoms with Crippen LogP contribution in [0.25, 0.3) is 0 Å². The van der Waals surface area contributed by atoms with Gasteiger partial charge in [0.2, 0.25) is 0 Å². The highest BCUT2D eigenvalue weighted by atomic mass is 32.2. The number of hydrogen-bond donors (Lipinski definition) is 1. The molecule has 1 aliphatic heterocycles. The van der Waals surface area contributed by atoms with Crippen LogP contribution in [0.5, 0.6) is 0 Å². The first kappa shape index (κ1) is 14.2. The van der Waals surface area contributed by atoms with E-state index in [1.54, 1.807) is 0 Å². The smallest absolute Gasteiger partial charge is 0.169 e. The number of sulfone groups is 1. The normalized spacial score (nSPS) is 32.2. The van der Waals surface area contributed by atoms with E-state index in [2.05, 4.69) is 0 Å². The maximum absolute atomic E-state index is 12.4. The van der Waals surface area contributed by atoms with E-state index in [9.17, 15) is 8.42 Å². The summed E-state index contributed by atoms with van der Waals surface area (Å²) < 4.78 is 35.9. The van der Waals surface area contributed by atoms with Crippen LogP contribution >= 0.6 is 0 Å². The molecule has 0 amide bonds. The second kappa shape index (κ2) is 5.07. The van der Waals surface area contributed by atoms with Crippen LogP contribution in [0.2, 0.25) is 0 Å². The first-order valence-corrected chi connectivity index (χ1v) is 8.31. The minimum absolute atomic E-state index is 0.116.